The number of nitrogens with one attached hydrogen (secondary N) is 2. The van der Waals surface area contributed by atoms with Crippen LogP contribution in [0.25, 0.3) is 11.1 Å². The molecule has 1 unspecified atom stereocenters. The number of carbonyl (C=O) groups is 1. The molecule has 53 heavy (non-hydrogen) atoms. The lowest BCUT2D eigenvalue weighted by molar-refractivity contribution is -0.122. The van der Waals surface area contributed by atoms with E-state index in [-0.39, 0.29) is 24.7 Å². The van der Waals surface area contributed by atoms with Gasteiger partial charge in [-0.1, -0.05) is 53.5 Å². The molecule has 0 saturated carbocycles. The molecule has 1 aromatic heterocycles. The molecule has 2 saturated heterocycles. The van der Waals surface area contributed by atoms with Gasteiger partial charge in [-0.05, 0) is 81.0 Å². The number of halogens is 2. The predicted molar refractivity (Wildman–Crippen MR) is 206 cm³/mol. The van der Waals surface area contributed by atoms with Crippen molar-refractivity contribution in [3.05, 3.63) is 105 Å². The van der Waals surface area contributed by atoms with Crippen LogP contribution in [-0.2, 0) is 24.4 Å². The van der Waals surface area contributed by atoms with Crippen LogP contribution in [0, 0.1) is 17.2 Å². The summed E-state index contributed by atoms with van der Waals surface area (Å²) in [5, 5.41) is 16.9. The molecule has 4 aromatic rings. The second-order valence-corrected chi connectivity index (χ2v) is 15.3. The van der Waals surface area contributed by atoms with E-state index in [1.807, 2.05) is 24.3 Å². The van der Waals surface area contributed by atoms with E-state index < -0.39 is 0 Å². The number of ether oxygens (including phenoxy) is 3. The number of hydrogen-bond donors (Lipinski definition) is 2. The highest BCUT2D eigenvalue weighted by Crippen LogP contribution is 2.45. The molecule has 2 N–H and O–H groups in total. The molecule has 2 aliphatic heterocycles. The number of piperidine rings is 1. The monoisotopic (exact) mass is 753 g/mol. The van der Waals surface area contributed by atoms with Gasteiger partial charge in [0.2, 0.25) is 5.91 Å². The fourth-order valence-corrected chi connectivity index (χ4v) is 8.05. The van der Waals surface area contributed by atoms with Gasteiger partial charge in [-0.2, -0.15) is 5.26 Å². The molecule has 276 valence electrons. The highest BCUT2D eigenvalue weighted by atomic mass is 35.5. The van der Waals surface area contributed by atoms with Crippen LogP contribution in [0.5, 0.6) is 17.2 Å². The van der Waals surface area contributed by atoms with E-state index >= 15 is 0 Å². The van der Waals surface area contributed by atoms with Crippen molar-refractivity contribution in [2.75, 3.05) is 26.2 Å². The van der Waals surface area contributed by atoms with E-state index in [0.717, 1.165) is 66.6 Å². The molecule has 0 radical (unpaired) electrons. The standard InChI is InChI=1S/C42H45Cl2N5O4/c1-26(2)49-14-13-27(23-49)24-51-38-8-4-7-35(42(38)44)32-5-3-6-34-33(32)10-11-37(34)53-40-17-39(52-25-29-15-28(18-45)19-46-20-29)30(16-36(40)43)21-47-31-9-12-41(50)48-22-31/h3-8,15-17,19-20,26-27,31,37,47H,9-14,21-25H2,1-2H3,(H,48,50)/t27?,31-,37-/m0/s1. The van der Waals surface area contributed by atoms with Crippen molar-refractivity contribution in [1.29, 1.82) is 5.26 Å². The normalized spacial score (nSPS) is 19.8. The Hall–Kier alpha value is -4.33. The topological polar surface area (TPSA) is 109 Å². The first kappa shape index (κ1) is 37.0. The van der Waals surface area contributed by atoms with Crippen LogP contribution in [-0.4, -0.2) is 54.1 Å². The highest BCUT2D eigenvalue weighted by Gasteiger charge is 2.29. The molecule has 2 fully saturated rings. The van der Waals surface area contributed by atoms with E-state index in [4.69, 9.17) is 37.4 Å². The number of fused-ring (bicyclic) bond motifs is 1. The number of nitriles is 1. The van der Waals surface area contributed by atoms with Crippen LogP contribution in [0.2, 0.25) is 10.0 Å². The average Bonchev–Trinajstić information content (AvgIpc) is 3.82. The lowest BCUT2D eigenvalue weighted by Crippen LogP contribution is -2.45. The number of nitrogens with zero attached hydrogens (tertiary/aromatic N) is 3. The Kier molecular flexibility index (Phi) is 11.7. The third-order valence-electron chi connectivity index (χ3n) is 10.5. The fraction of sp³-hybridized carbons (Fsp3) is 0.405. The van der Waals surface area contributed by atoms with Crippen molar-refractivity contribution in [2.24, 2.45) is 5.92 Å². The lowest BCUT2D eigenvalue weighted by Gasteiger charge is -2.24. The predicted octanol–water partition coefficient (Wildman–Crippen LogP) is 8.05. The number of likely N-dealkylation sites (tertiary alicyclic amines) is 1. The summed E-state index contributed by atoms with van der Waals surface area (Å²) in [5.74, 6) is 2.42. The number of carbonyl (C=O) groups excluding carboxylic acids is 1. The molecule has 1 amide bonds. The van der Waals surface area contributed by atoms with Gasteiger partial charge in [0.15, 0.2) is 0 Å². The molecule has 3 atom stereocenters. The highest BCUT2D eigenvalue weighted by molar-refractivity contribution is 6.35. The van der Waals surface area contributed by atoms with Crippen LogP contribution in [0.1, 0.15) is 73.5 Å². The Bertz CT molecular complexity index is 1990. The first-order chi connectivity index (χ1) is 25.7. The van der Waals surface area contributed by atoms with E-state index in [2.05, 4.69) is 64.7 Å². The molecule has 3 heterocycles. The Balaban J connectivity index is 1.09. The number of rotatable bonds is 13. The van der Waals surface area contributed by atoms with Crippen LogP contribution in [0.3, 0.4) is 0 Å². The zero-order valence-corrected chi connectivity index (χ0v) is 31.7. The van der Waals surface area contributed by atoms with Crippen LogP contribution in [0.4, 0.5) is 0 Å². The molecule has 11 heteroatoms. The summed E-state index contributed by atoms with van der Waals surface area (Å²) < 4.78 is 19.4. The fourth-order valence-electron chi connectivity index (χ4n) is 7.54. The third kappa shape index (κ3) is 8.74. The summed E-state index contributed by atoms with van der Waals surface area (Å²) >= 11 is 14.0. The van der Waals surface area contributed by atoms with Crippen molar-refractivity contribution in [1.82, 2.24) is 20.5 Å². The quantitative estimate of drug-likeness (QED) is 0.141. The van der Waals surface area contributed by atoms with E-state index in [0.29, 0.717) is 70.9 Å². The summed E-state index contributed by atoms with van der Waals surface area (Å²) in [6.45, 7) is 8.57. The number of aromatic nitrogens is 1. The summed E-state index contributed by atoms with van der Waals surface area (Å²) in [6.07, 6.45) is 6.99. The maximum Gasteiger partial charge on any atom is 0.220 e. The minimum absolute atomic E-state index is 0.0732. The Morgan fingerprint density at radius 2 is 1.85 bits per heavy atom. The van der Waals surface area contributed by atoms with Gasteiger partial charge in [0, 0.05) is 79.2 Å². The minimum Gasteiger partial charge on any atom is -0.492 e. The van der Waals surface area contributed by atoms with E-state index in [1.54, 1.807) is 12.3 Å². The molecule has 0 bridgehead atoms. The molecular weight excluding hydrogens is 709 g/mol. The van der Waals surface area contributed by atoms with Crippen molar-refractivity contribution < 1.29 is 19.0 Å². The first-order valence-electron chi connectivity index (χ1n) is 18.5. The third-order valence-corrected chi connectivity index (χ3v) is 11.2. The smallest absolute Gasteiger partial charge is 0.220 e. The maximum atomic E-state index is 11.7. The summed E-state index contributed by atoms with van der Waals surface area (Å²) in [4.78, 5) is 18.4. The van der Waals surface area contributed by atoms with Gasteiger partial charge >= 0.3 is 0 Å². The molecule has 3 aromatic carbocycles. The number of pyridine rings is 1. The van der Waals surface area contributed by atoms with Crippen molar-refractivity contribution in [3.8, 4) is 34.4 Å². The van der Waals surface area contributed by atoms with E-state index in [1.165, 1.54) is 11.8 Å². The largest absolute Gasteiger partial charge is 0.492 e. The van der Waals surface area contributed by atoms with Crippen LogP contribution >= 0.6 is 23.2 Å². The molecule has 3 aliphatic rings. The second kappa shape index (κ2) is 16.8. The molecular formula is C42H45Cl2N5O4. The van der Waals surface area contributed by atoms with Gasteiger partial charge in [-0.15, -0.1) is 0 Å². The summed E-state index contributed by atoms with van der Waals surface area (Å²) in [5.41, 5.74) is 6.45. The van der Waals surface area contributed by atoms with Crippen molar-refractivity contribution >= 4 is 29.1 Å². The zero-order valence-electron chi connectivity index (χ0n) is 30.2. The van der Waals surface area contributed by atoms with Gasteiger partial charge in [0.25, 0.3) is 0 Å². The average molecular weight is 755 g/mol. The molecule has 0 spiro atoms. The Morgan fingerprint density at radius 1 is 1.00 bits per heavy atom. The van der Waals surface area contributed by atoms with Gasteiger partial charge in [-0.3, -0.25) is 9.78 Å². The van der Waals surface area contributed by atoms with E-state index in [9.17, 15) is 10.1 Å². The van der Waals surface area contributed by atoms with Gasteiger partial charge in [0.1, 0.15) is 36.0 Å². The van der Waals surface area contributed by atoms with Crippen molar-refractivity contribution in [2.45, 2.75) is 77.3 Å². The molecule has 7 rings (SSSR count). The Labute approximate surface area is 321 Å². The SMILES string of the molecule is CC(C)N1CCC(COc2cccc(-c3cccc4c3CC[C@@H]4Oc3cc(OCc4cncc(C#N)c4)c(CN[C@H]4CCC(=O)NC4)cc3Cl)c2Cl)C1. The minimum atomic E-state index is -0.217. The lowest BCUT2D eigenvalue weighted by atomic mass is 9.96. The maximum absolute atomic E-state index is 11.7. The number of hydrogen-bond acceptors (Lipinski definition) is 8. The van der Waals surface area contributed by atoms with Crippen LogP contribution in [0.15, 0.2) is 67.0 Å². The van der Waals surface area contributed by atoms with Crippen LogP contribution < -0.4 is 24.8 Å². The van der Waals surface area contributed by atoms with Gasteiger partial charge in [-0.25, -0.2) is 0 Å². The molecule has 1 aliphatic carbocycles. The summed E-state index contributed by atoms with van der Waals surface area (Å²) in [7, 11) is 0. The Morgan fingerprint density at radius 3 is 2.64 bits per heavy atom. The summed E-state index contributed by atoms with van der Waals surface area (Å²) in [6, 6.07) is 20.7. The second-order valence-electron chi connectivity index (χ2n) is 14.5. The molecule has 9 nitrogen and oxygen atoms in total. The number of amides is 1. The first-order valence-corrected chi connectivity index (χ1v) is 19.2. The number of benzene rings is 3. The van der Waals surface area contributed by atoms with Gasteiger partial charge < -0.3 is 29.7 Å². The van der Waals surface area contributed by atoms with Crippen molar-refractivity contribution in [3.63, 3.8) is 0 Å². The van der Waals surface area contributed by atoms with Gasteiger partial charge in [0.05, 0.1) is 22.2 Å². The zero-order chi connectivity index (χ0) is 36.9.